The molecule has 0 spiro atoms. The highest BCUT2D eigenvalue weighted by molar-refractivity contribution is 8.68. The summed E-state index contributed by atoms with van der Waals surface area (Å²) >= 11 is 14.8. The van der Waals surface area contributed by atoms with E-state index in [9.17, 15) is 0 Å². The van der Waals surface area contributed by atoms with Crippen LogP contribution in [0, 0.1) is 13.8 Å². The predicted octanol–water partition coefficient (Wildman–Crippen LogP) is 10.2. The van der Waals surface area contributed by atoms with Crippen molar-refractivity contribution in [3.05, 3.63) is 58.7 Å². The maximum absolute atomic E-state index is 6.31. The average molecular weight is 621 g/mol. The van der Waals surface area contributed by atoms with Crippen LogP contribution >= 0.6 is 34.2 Å². The Morgan fingerprint density at radius 3 is 1.38 bits per heavy atom. The van der Waals surface area contributed by atoms with Crippen LogP contribution < -0.4 is 9.05 Å². The van der Waals surface area contributed by atoms with Crippen LogP contribution in [-0.2, 0) is 38.1 Å². The lowest BCUT2D eigenvalue weighted by molar-refractivity contribution is 0.343. The van der Waals surface area contributed by atoms with E-state index in [1.165, 1.54) is 11.1 Å². The van der Waals surface area contributed by atoms with E-state index >= 15 is 0 Å². The molecule has 2 rings (SSSR count). The quantitative estimate of drug-likeness (QED) is 0.172. The van der Waals surface area contributed by atoms with E-state index in [1.807, 2.05) is 26.0 Å². The Morgan fingerprint density at radius 2 is 1.08 bits per heavy atom. The zero-order valence-electron chi connectivity index (χ0n) is 23.4. The molecule has 37 heavy (non-hydrogen) atoms. The molecule has 2 aromatic carbocycles. The first-order chi connectivity index (χ1) is 17.4. The summed E-state index contributed by atoms with van der Waals surface area (Å²) in [5, 5.41) is 0. The summed E-state index contributed by atoms with van der Waals surface area (Å²) in [5.74, 6) is 3.45. The van der Waals surface area contributed by atoms with Gasteiger partial charge in [-0.15, -0.1) is 0 Å². The number of hydrogen-bond donors (Lipinski definition) is 0. The molecule has 0 aliphatic rings. The molecule has 0 saturated heterocycles. The van der Waals surface area contributed by atoms with Crippen LogP contribution in [0.5, 0.6) is 11.5 Å². The lowest BCUT2D eigenvalue weighted by atomic mass is 9.77. The molecule has 0 fully saturated rings. The van der Waals surface area contributed by atoms with Crippen molar-refractivity contribution in [3.63, 3.8) is 0 Å². The fourth-order valence-corrected chi connectivity index (χ4v) is 13.1. The van der Waals surface area contributed by atoms with Crippen LogP contribution in [-0.4, -0.2) is 24.7 Å². The highest BCUT2D eigenvalue weighted by Crippen LogP contribution is 2.62. The third-order valence-corrected chi connectivity index (χ3v) is 16.5. The molecule has 0 amide bonds. The normalized spacial score (nSPS) is 15.1. The van der Waals surface area contributed by atoms with E-state index in [0.29, 0.717) is 13.2 Å². The van der Waals surface area contributed by atoms with Gasteiger partial charge in [0.15, 0.2) is 0 Å². The zero-order chi connectivity index (χ0) is 27.7. The summed E-state index contributed by atoms with van der Waals surface area (Å²) < 4.78 is 24.4. The van der Waals surface area contributed by atoms with Crippen molar-refractivity contribution in [3.8, 4) is 11.5 Å². The van der Waals surface area contributed by atoms with E-state index < -0.39 is 11.4 Å². The van der Waals surface area contributed by atoms with Crippen LogP contribution in [0.2, 0.25) is 0 Å². The molecule has 0 radical (unpaired) electrons. The largest absolute Gasteiger partial charge is 0.436 e. The molecule has 0 aliphatic heterocycles. The number of benzene rings is 2. The summed E-state index contributed by atoms with van der Waals surface area (Å²) in [6.45, 7) is 17.9. The smallest absolute Gasteiger partial charge is 0.297 e. The number of hydrogen-bond acceptors (Lipinski definition) is 8. The zero-order valence-corrected chi connectivity index (χ0v) is 28.4. The highest BCUT2D eigenvalue weighted by atomic mass is 32.9. The molecule has 0 saturated carbocycles. The SMILES string of the molecule is CCCSP(=S)(OCC)Oc1ccc(C(C)(C)c2ccc(OP(=S)(OCC)SCCC)c(C)c2)cc1C. The average Bonchev–Trinajstić information content (AvgIpc) is 2.84. The summed E-state index contributed by atoms with van der Waals surface area (Å²) in [7, 11) is 0. The molecule has 2 aromatic rings. The Morgan fingerprint density at radius 1 is 0.703 bits per heavy atom. The van der Waals surface area contributed by atoms with Gasteiger partial charge in [-0.2, -0.15) is 0 Å². The molecule has 0 aromatic heterocycles. The van der Waals surface area contributed by atoms with Crippen molar-refractivity contribution in [1.29, 1.82) is 0 Å². The van der Waals surface area contributed by atoms with Gasteiger partial charge in [-0.25, -0.2) is 0 Å². The third-order valence-electron chi connectivity index (χ3n) is 5.70. The van der Waals surface area contributed by atoms with Gasteiger partial charge in [0.2, 0.25) is 0 Å². The molecule has 4 nitrogen and oxygen atoms in total. The van der Waals surface area contributed by atoms with Gasteiger partial charge >= 0.3 is 0 Å². The Bertz CT molecular complexity index is 1040. The molecular formula is C27H42O4P2S4. The second kappa shape index (κ2) is 15.1. The number of rotatable bonds is 16. The van der Waals surface area contributed by atoms with Crippen LogP contribution in [0.15, 0.2) is 36.4 Å². The first-order valence-electron chi connectivity index (χ1n) is 12.8. The van der Waals surface area contributed by atoms with E-state index in [4.69, 9.17) is 41.7 Å². The lowest BCUT2D eigenvalue weighted by Crippen LogP contribution is -2.19. The van der Waals surface area contributed by atoms with Crippen LogP contribution in [0.1, 0.15) is 76.6 Å². The Labute approximate surface area is 243 Å². The van der Waals surface area contributed by atoms with Gasteiger partial charge in [-0.1, -0.05) is 74.7 Å². The van der Waals surface area contributed by atoms with Crippen molar-refractivity contribution < 1.29 is 18.1 Å². The van der Waals surface area contributed by atoms with Crippen LogP contribution in [0.3, 0.4) is 0 Å². The van der Waals surface area contributed by atoms with Crippen molar-refractivity contribution in [2.45, 2.75) is 73.6 Å². The van der Waals surface area contributed by atoms with Gasteiger partial charge in [0.05, 0.1) is 13.2 Å². The minimum absolute atomic E-state index is 0.221. The molecular weight excluding hydrogens is 579 g/mol. The first kappa shape index (κ1) is 33.2. The Kier molecular flexibility index (Phi) is 13.5. The Balaban J connectivity index is 2.29. The van der Waals surface area contributed by atoms with Gasteiger partial charge in [-0.3, -0.25) is 0 Å². The summed E-state index contributed by atoms with van der Waals surface area (Å²) in [4.78, 5) is 0. The van der Waals surface area contributed by atoms with E-state index in [2.05, 4.69) is 65.8 Å². The minimum Gasteiger partial charge on any atom is -0.436 e. The fourth-order valence-electron chi connectivity index (χ4n) is 3.59. The lowest BCUT2D eigenvalue weighted by Gasteiger charge is -2.29. The monoisotopic (exact) mass is 620 g/mol. The van der Waals surface area contributed by atoms with Crippen LogP contribution in [0.4, 0.5) is 0 Å². The molecule has 0 bridgehead atoms. The van der Waals surface area contributed by atoms with E-state index in [1.54, 1.807) is 22.8 Å². The molecule has 0 aliphatic carbocycles. The fraction of sp³-hybridized carbons (Fsp3) is 0.556. The van der Waals surface area contributed by atoms with E-state index in [0.717, 1.165) is 47.0 Å². The molecule has 208 valence electrons. The Hall–Kier alpha value is -0.0400. The van der Waals surface area contributed by atoms with Gasteiger partial charge in [0.1, 0.15) is 11.5 Å². The highest BCUT2D eigenvalue weighted by Gasteiger charge is 2.27. The van der Waals surface area contributed by atoms with Crippen molar-refractivity contribution in [2.24, 2.45) is 0 Å². The summed E-state index contributed by atoms with van der Waals surface area (Å²) in [6.07, 6.45) is 2.07. The van der Waals surface area contributed by atoms with Crippen molar-refractivity contribution in [2.75, 3.05) is 24.7 Å². The first-order valence-corrected chi connectivity index (χ1v) is 21.3. The van der Waals surface area contributed by atoms with E-state index in [-0.39, 0.29) is 5.41 Å². The molecule has 0 heterocycles. The second-order valence-corrected chi connectivity index (χ2v) is 21.9. The van der Waals surface area contributed by atoms with Crippen LogP contribution in [0.25, 0.3) is 0 Å². The second-order valence-electron chi connectivity index (χ2n) is 9.16. The van der Waals surface area contributed by atoms with Gasteiger partial charge in [0.25, 0.3) is 11.4 Å². The van der Waals surface area contributed by atoms with Gasteiger partial charge < -0.3 is 18.1 Å². The summed E-state index contributed by atoms with van der Waals surface area (Å²) in [6, 6.07) is 12.7. The van der Waals surface area contributed by atoms with Crippen molar-refractivity contribution in [1.82, 2.24) is 0 Å². The third kappa shape index (κ3) is 9.53. The minimum atomic E-state index is -2.42. The van der Waals surface area contributed by atoms with Gasteiger partial charge in [0, 0.05) is 16.9 Å². The maximum atomic E-state index is 6.31. The molecule has 2 unspecified atom stereocenters. The summed E-state index contributed by atoms with van der Waals surface area (Å²) in [5.41, 5.74) is -0.551. The number of aryl methyl sites for hydroxylation is 2. The molecule has 10 heteroatoms. The predicted molar refractivity (Wildman–Crippen MR) is 173 cm³/mol. The topological polar surface area (TPSA) is 36.9 Å². The molecule has 0 N–H and O–H groups in total. The standard InChI is InChI=1S/C27H42O4P2S4/c1-9-17-36-32(34,28-11-3)30-25-15-13-23(19-21(25)5)27(7,8)24-14-16-26(22(6)20-24)31-33(35,29-12-4)37-18-10-2/h13-16,19-20H,9-12,17-18H2,1-8H3. The maximum Gasteiger partial charge on any atom is 0.297 e. The van der Waals surface area contributed by atoms with Gasteiger partial charge in [-0.05, 0) is 98.5 Å². The molecule has 2 atom stereocenters. The van der Waals surface area contributed by atoms with Crippen molar-refractivity contribution >= 4 is 57.8 Å².